The van der Waals surface area contributed by atoms with Gasteiger partial charge in [0, 0.05) is 5.33 Å². The van der Waals surface area contributed by atoms with Gasteiger partial charge in [0.25, 0.3) is 0 Å². The van der Waals surface area contributed by atoms with E-state index in [0.29, 0.717) is 24.6 Å². The molecule has 1 fully saturated rings. The molecule has 1 aliphatic carbocycles. The van der Waals surface area contributed by atoms with E-state index in [4.69, 9.17) is 9.47 Å². The Morgan fingerprint density at radius 3 is 2.58 bits per heavy atom. The van der Waals surface area contributed by atoms with Gasteiger partial charge >= 0.3 is 11.9 Å². The van der Waals surface area contributed by atoms with Crippen molar-refractivity contribution in [2.24, 2.45) is 11.8 Å². The molecule has 0 bridgehead atoms. The zero-order chi connectivity index (χ0) is 17.6. The van der Waals surface area contributed by atoms with Crippen LogP contribution in [0.3, 0.4) is 0 Å². The molecule has 3 atom stereocenters. The smallest absolute Gasteiger partial charge is 0.310 e. The zero-order valence-electron chi connectivity index (χ0n) is 13.7. The maximum absolute atomic E-state index is 12.5. The predicted octanol–water partition coefficient (Wildman–Crippen LogP) is 2.84. The van der Waals surface area contributed by atoms with E-state index in [2.05, 4.69) is 15.9 Å². The lowest BCUT2D eigenvalue weighted by Gasteiger charge is -2.39. The number of halogens is 1. The van der Waals surface area contributed by atoms with Crippen LogP contribution >= 0.6 is 15.9 Å². The highest BCUT2D eigenvalue weighted by Gasteiger charge is 2.46. The van der Waals surface area contributed by atoms with E-state index in [9.17, 15) is 14.7 Å². The average molecular weight is 399 g/mol. The molecule has 0 aliphatic heterocycles. The summed E-state index contributed by atoms with van der Waals surface area (Å²) in [4.78, 5) is 24.5. The van der Waals surface area contributed by atoms with Crippen molar-refractivity contribution >= 4 is 27.9 Å². The molecule has 0 amide bonds. The first kappa shape index (κ1) is 18.9. The van der Waals surface area contributed by atoms with Crippen LogP contribution < -0.4 is 0 Å². The number of carbonyl (C=O) groups is 2. The molecule has 1 saturated carbocycles. The topological polar surface area (TPSA) is 72.8 Å². The van der Waals surface area contributed by atoms with Gasteiger partial charge in [-0.25, -0.2) is 0 Å². The van der Waals surface area contributed by atoms with Crippen LogP contribution in [0.2, 0.25) is 0 Å². The Morgan fingerprint density at radius 1 is 1.25 bits per heavy atom. The van der Waals surface area contributed by atoms with Crippen molar-refractivity contribution in [1.29, 1.82) is 0 Å². The van der Waals surface area contributed by atoms with Crippen molar-refractivity contribution < 1.29 is 24.2 Å². The average Bonchev–Trinajstić information content (AvgIpc) is 2.60. The van der Waals surface area contributed by atoms with Gasteiger partial charge in [0.05, 0.1) is 24.5 Å². The van der Waals surface area contributed by atoms with Crippen LogP contribution in [-0.2, 0) is 25.7 Å². The molecule has 6 heteroatoms. The van der Waals surface area contributed by atoms with Crippen LogP contribution in [0.1, 0.15) is 31.2 Å². The lowest BCUT2D eigenvalue weighted by molar-refractivity contribution is -0.168. The van der Waals surface area contributed by atoms with E-state index in [-0.39, 0.29) is 13.0 Å². The molecule has 0 saturated heterocycles. The number of esters is 2. The fourth-order valence-electron chi connectivity index (χ4n) is 3.20. The normalized spacial score (nSPS) is 26.6. The van der Waals surface area contributed by atoms with E-state index in [1.807, 2.05) is 30.3 Å². The summed E-state index contributed by atoms with van der Waals surface area (Å²) in [7, 11) is 1.31. The molecule has 2 rings (SSSR count). The molecule has 0 spiro atoms. The summed E-state index contributed by atoms with van der Waals surface area (Å²) in [6.45, 7) is 0.154. The minimum absolute atomic E-state index is 0.154. The van der Waals surface area contributed by atoms with Crippen LogP contribution in [0.15, 0.2) is 30.3 Å². The lowest BCUT2D eigenvalue weighted by Crippen LogP contribution is -2.45. The Kier molecular flexibility index (Phi) is 6.80. The summed E-state index contributed by atoms with van der Waals surface area (Å²) in [6.07, 6.45) is 1.64. The molecule has 0 heterocycles. The first-order valence-electron chi connectivity index (χ1n) is 8.06. The third-order valence-corrected chi connectivity index (χ3v) is 4.99. The summed E-state index contributed by atoms with van der Waals surface area (Å²) >= 11 is 3.33. The second kappa shape index (κ2) is 8.62. The number of rotatable bonds is 6. The Balaban J connectivity index is 2.07. The molecule has 5 nitrogen and oxygen atoms in total. The maximum Gasteiger partial charge on any atom is 0.310 e. The van der Waals surface area contributed by atoms with Crippen molar-refractivity contribution in [1.82, 2.24) is 0 Å². The Bertz CT molecular complexity index is 562. The summed E-state index contributed by atoms with van der Waals surface area (Å²) in [5.74, 6) is -2.12. The molecule has 3 unspecified atom stereocenters. The second-order valence-electron chi connectivity index (χ2n) is 6.24. The number of hydrogen-bond acceptors (Lipinski definition) is 5. The van der Waals surface area contributed by atoms with Crippen LogP contribution in [0.25, 0.3) is 0 Å². The van der Waals surface area contributed by atoms with E-state index in [1.165, 1.54) is 7.11 Å². The third-order valence-electron chi connectivity index (χ3n) is 4.60. The van der Waals surface area contributed by atoms with Gasteiger partial charge < -0.3 is 14.6 Å². The number of alkyl halides is 1. The van der Waals surface area contributed by atoms with Crippen LogP contribution in [0.5, 0.6) is 0 Å². The summed E-state index contributed by atoms with van der Waals surface area (Å²) in [5.41, 5.74) is -0.0724. The Hall–Kier alpha value is -1.40. The standard InChI is InChI=1S/C18H23BrO5/c1-23-16(20)14-7-8-18(22,9-10-19)11-15(14)17(21)24-12-13-5-3-2-4-6-13/h2-6,14-15,22H,7-12H2,1H3. The van der Waals surface area contributed by atoms with Crippen molar-refractivity contribution in [2.75, 3.05) is 12.4 Å². The van der Waals surface area contributed by atoms with Gasteiger partial charge in [0.1, 0.15) is 6.61 Å². The van der Waals surface area contributed by atoms with Gasteiger partial charge in [-0.15, -0.1) is 0 Å². The van der Waals surface area contributed by atoms with Gasteiger partial charge in [-0.2, -0.15) is 0 Å². The molecule has 1 aromatic rings. The molecule has 0 radical (unpaired) electrons. The Labute approximate surface area is 150 Å². The monoisotopic (exact) mass is 398 g/mol. The summed E-state index contributed by atoms with van der Waals surface area (Å²) in [6, 6.07) is 9.37. The molecule has 24 heavy (non-hydrogen) atoms. The molecule has 1 N–H and O–H groups in total. The van der Waals surface area contributed by atoms with Gasteiger partial charge in [-0.3, -0.25) is 9.59 Å². The number of methoxy groups -OCH3 is 1. The Morgan fingerprint density at radius 2 is 1.96 bits per heavy atom. The third kappa shape index (κ3) is 4.80. The molecular weight excluding hydrogens is 376 g/mol. The molecule has 0 aromatic heterocycles. The molecule has 132 valence electrons. The highest BCUT2D eigenvalue weighted by molar-refractivity contribution is 9.09. The van der Waals surface area contributed by atoms with Gasteiger partial charge in [0.2, 0.25) is 0 Å². The highest BCUT2D eigenvalue weighted by atomic mass is 79.9. The van der Waals surface area contributed by atoms with Crippen molar-refractivity contribution in [3.63, 3.8) is 0 Å². The summed E-state index contributed by atoms with van der Waals surface area (Å²) in [5, 5.41) is 11.3. The van der Waals surface area contributed by atoms with Gasteiger partial charge in [-0.05, 0) is 31.2 Å². The SMILES string of the molecule is COC(=O)C1CCC(O)(CCBr)CC1C(=O)OCc1ccccc1. The maximum atomic E-state index is 12.5. The molecule has 1 aliphatic rings. The van der Waals surface area contributed by atoms with Crippen molar-refractivity contribution in [3.05, 3.63) is 35.9 Å². The number of ether oxygens (including phenoxy) is 2. The minimum atomic E-state index is -0.954. The molecular formula is C18H23BrO5. The predicted molar refractivity (Wildman–Crippen MR) is 92.4 cm³/mol. The first-order chi connectivity index (χ1) is 11.5. The quantitative estimate of drug-likeness (QED) is 0.588. The number of benzene rings is 1. The zero-order valence-corrected chi connectivity index (χ0v) is 15.3. The minimum Gasteiger partial charge on any atom is -0.469 e. The van der Waals surface area contributed by atoms with Gasteiger partial charge in [-0.1, -0.05) is 46.3 Å². The molecule has 1 aromatic carbocycles. The van der Waals surface area contributed by atoms with Crippen LogP contribution in [-0.4, -0.2) is 35.1 Å². The van der Waals surface area contributed by atoms with Crippen LogP contribution in [0.4, 0.5) is 0 Å². The van der Waals surface area contributed by atoms with Crippen molar-refractivity contribution in [3.8, 4) is 0 Å². The largest absolute Gasteiger partial charge is 0.469 e. The first-order valence-corrected chi connectivity index (χ1v) is 9.18. The fourth-order valence-corrected chi connectivity index (χ4v) is 3.94. The number of hydrogen-bond donors (Lipinski definition) is 1. The summed E-state index contributed by atoms with van der Waals surface area (Å²) < 4.78 is 10.2. The van der Waals surface area contributed by atoms with Gasteiger partial charge in [0.15, 0.2) is 0 Å². The van der Waals surface area contributed by atoms with E-state index in [0.717, 1.165) is 5.56 Å². The number of aliphatic hydroxyl groups is 1. The highest BCUT2D eigenvalue weighted by Crippen LogP contribution is 2.40. The fraction of sp³-hybridized carbons (Fsp3) is 0.556. The van der Waals surface area contributed by atoms with E-state index < -0.39 is 29.4 Å². The van der Waals surface area contributed by atoms with Crippen molar-refractivity contribution in [2.45, 2.75) is 37.9 Å². The van der Waals surface area contributed by atoms with E-state index in [1.54, 1.807) is 0 Å². The lowest BCUT2D eigenvalue weighted by atomic mass is 9.70. The van der Waals surface area contributed by atoms with Crippen LogP contribution in [0, 0.1) is 11.8 Å². The van der Waals surface area contributed by atoms with E-state index >= 15 is 0 Å². The number of carbonyl (C=O) groups excluding carboxylic acids is 2. The second-order valence-corrected chi connectivity index (χ2v) is 7.03.